The molecule has 1 aromatic heterocycles. The van der Waals surface area contributed by atoms with E-state index < -0.39 is 0 Å². The Bertz CT molecular complexity index is 448. The first-order chi connectivity index (χ1) is 6.25. The van der Waals surface area contributed by atoms with Gasteiger partial charge in [0, 0.05) is 5.69 Å². The van der Waals surface area contributed by atoms with Crippen molar-refractivity contribution in [2.75, 3.05) is 5.32 Å². The molecule has 0 fully saturated rings. The van der Waals surface area contributed by atoms with Crippen molar-refractivity contribution in [2.24, 2.45) is 0 Å². The van der Waals surface area contributed by atoms with Gasteiger partial charge in [-0.3, -0.25) is 0 Å². The van der Waals surface area contributed by atoms with Crippen LogP contribution in [0.3, 0.4) is 0 Å². The highest BCUT2D eigenvalue weighted by Gasteiger charge is 1.98. The molecule has 0 aliphatic heterocycles. The van der Waals surface area contributed by atoms with Gasteiger partial charge in [-0.1, -0.05) is 12.2 Å². The molecule has 0 saturated carbocycles. The number of nitrogens with one attached hydrogen (secondary N) is 1. The predicted molar refractivity (Wildman–Crippen MR) is 61.5 cm³/mol. The van der Waals surface area contributed by atoms with Crippen molar-refractivity contribution < 1.29 is 0 Å². The molecule has 0 saturated heterocycles. The van der Waals surface area contributed by atoms with Crippen LogP contribution in [-0.4, -0.2) is 9.97 Å². The lowest BCUT2D eigenvalue weighted by Gasteiger charge is -2.02. The summed E-state index contributed by atoms with van der Waals surface area (Å²) in [6.45, 7) is 1.87. The molecule has 4 heteroatoms. The number of hydrogen-bond donors (Lipinski definition) is 1. The van der Waals surface area contributed by atoms with E-state index in [0.29, 0.717) is 0 Å². The Morgan fingerprint density at radius 1 is 1.54 bits per heavy atom. The van der Waals surface area contributed by atoms with Crippen molar-refractivity contribution >= 4 is 44.4 Å². The molecule has 2 nitrogen and oxygen atoms in total. The first-order valence-corrected chi connectivity index (χ1v) is 5.15. The number of thiazole rings is 1. The van der Waals surface area contributed by atoms with Crippen LogP contribution in [0.1, 0.15) is 6.92 Å². The molecule has 1 aromatic carbocycles. The Kier molecular flexibility index (Phi) is 2.24. The summed E-state index contributed by atoms with van der Waals surface area (Å²) in [6.07, 6.45) is 0. The quantitative estimate of drug-likeness (QED) is 0.729. The Morgan fingerprint density at radius 3 is 3.15 bits per heavy atom. The minimum absolute atomic E-state index is 0.781. The molecule has 13 heavy (non-hydrogen) atoms. The summed E-state index contributed by atoms with van der Waals surface area (Å²) >= 11 is 6.59. The summed E-state index contributed by atoms with van der Waals surface area (Å²) in [7, 11) is 0. The van der Waals surface area contributed by atoms with Crippen molar-refractivity contribution in [3.63, 3.8) is 0 Å². The third-order valence-corrected chi connectivity index (χ3v) is 2.55. The van der Waals surface area contributed by atoms with Crippen LogP contribution in [0.4, 0.5) is 5.69 Å². The summed E-state index contributed by atoms with van der Waals surface area (Å²) in [5, 5.41) is 3.10. The normalized spacial score (nSPS) is 10.2. The van der Waals surface area contributed by atoms with Crippen molar-refractivity contribution in [3.8, 4) is 0 Å². The molecule has 0 bridgehead atoms. The Hall–Kier alpha value is -1.00. The van der Waals surface area contributed by atoms with E-state index in [1.807, 2.05) is 24.6 Å². The second-order valence-corrected chi connectivity index (χ2v) is 4.21. The number of benzene rings is 1. The van der Waals surface area contributed by atoms with Gasteiger partial charge in [0.25, 0.3) is 0 Å². The molecular weight excluding hydrogens is 200 g/mol. The molecule has 1 N–H and O–H groups in total. The average molecular weight is 208 g/mol. The first kappa shape index (κ1) is 8.59. The van der Waals surface area contributed by atoms with Gasteiger partial charge in [-0.05, 0) is 25.1 Å². The van der Waals surface area contributed by atoms with E-state index in [1.165, 1.54) is 4.70 Å². The lowest BCUT2D eigenvalue weighted by atomic mass is 10.3. The van der Waals surface area contributed by atoms with Crippen LogP contribution in [0.25, 0.3) is 10.2 Å². The van der Waals surface area contributed by atoms with Gasteiger partial charge in [-0.25, -0.2) is 4.98 Å². The number of anilines is 1. The van der Waals surface area contributed by atoms with Crippen LogP contribution in [0.5, 0.6) is 0 Å². The van der Waals surface area contributed by atoms with Gasteiger partial charge in [0.05, 0.1) is 20.7 Å². The van der Waals surface area contributed by atoms with E-state index >= 15 is 0 Å². The summed E-state index contributed by atoms with van der Waals surface area (Å²) in [5.74, 6) is 0. The minimum Gasteiger partial charge on any atom is -0.350 e. The fourth-order valence-corrected chi connectivity index (χ4v) is 1.97. The zero-order chi connectivity index (χ0) is 9.26. The number of fused-ring (bicyclic) bond motifs is 1. The molecule has 66 valence electrons. The molecule has 0 unspecified atom stereocenters. The van der Waals surface area contributed by atoms with Crippen molar-refractivity contribution in [1.29, 1.82) is 0 Å². The van der Waals surface area contributed by atoms with Gasteiger partial charge >= 0.3 is 0 Å². The number of aromatic nitrogens is 1. The van der Waals surface area contributed by atoms with Crippen LogP contribution in [-0.2, 0) is 0 Å². The summed E-state index contributed by atoms with van der Waals surface area (Å²) in [4.78, 5) is 4.98. The highest BCUT2D eigenvalue weighted by molar-refractivity contribution is 7.80. The molecule has 0 aliphatic rings. The van der Waals surface area contributed by atoms with E-state index in [9.17, 15) is 0 Å². The van der Waals surface area contributed by atoms with Crippen LogP contribution in [0.15, 0.2) is 23.7 Å². The maximum atomic E-state index is 4.96. The second-order valence-electron chi connectivity index (χ2n) is 2.72. The van der Waals surface area contributed by atoms with Crippen molar-refractivity contribution in [2.45, 2.75) is 6.92 Å². The van der Waals surface area contributed by atoms with Crippen LogP contribution < -0.4 is 5.32 Å². The molecular formula is C9H8N2S2. The monoisotopic (exact) mass is 208 g/mol. The smallest absolute Gasteiger partial charge is 0.0813 e. The number of nitrogens with zero attached hydrogens (tertiary/aromatic N) is 1. The molecule has 0 aliphatic carbocycles. The average Bonchev–Trinajstić information content (AvgIpc) is 2.49. The maximum absolute atomic E-state index is 4.96. The van der Waals surface area contributed by atoms with E-state index in [4.69, 9.17) is 12.2 Å². The minimum atomic E-state index is 0.781. The van der Waals surface area contributed by atoms with Crippen LogP contribution in [0.2, 0.25) is 0 Å². The van der Waals surface area contributed by atoms with Crippen molar-refractivity contribution in [3.05, 3.63) is 23.7 Å². The first-order valence-electron chi connectivity index (χ1n) is 3.86. The van der Waals surface area contributed by atoms with Gasteiger partial charge in [0.1, 0.15) is 0 Å². The topological polar surface area (TPSA) is 24.9 Å². The molecule has 2 rings (SSSR count). The Morgan fingerprint density at radius 2 is 2.38 bits per heavy atom. The lowest BCUT2D eigenvalue weighted by Crippen LogP contribution is -2.02. The van der Waals surface area contributed by atoms with E-state index in [1.54, 1.807) is 11.3 Å². The molecule has 1 heterocycles. The summed E-state index contributed by atoms with van der Waals surface area (Å²) in [6, 6.07) is 6.03. The van der Waals surface area contributed by atoms with Gasteiger partial charge in [-0.15, -0.1) is 11.3 Å². The molecule has 0 atom stereocenters. The molecule has 2 aromatic rings. The zero-order valence-corrected chi connectivity index (χ0v) is 8.71. The Balaban J connectivity index is 2.42. The standard InChI is InChI=1S/C9H8N2S2/c1-6(12)11-7-2-3-8-9(4-7)13-5-10-8/h2-5H,1H3,(H,11,12). The fourth-order valence-electron chi connectivity index (χ4n) is 1.14. The van der Waals surface area contributed by atoms with Gasteiger partial charge in [-0.2, -0.15) is 0 Å². The number of hydrogen-bond acceptors (Lipinski definition) is 3. The van der Waals surface area contributed by atoms with Crippen LogP contribution in [0, 0.1) is 0 Å². The zero-order valence-electron chi connectivity index (χ0n) is 7.07. The van der Waals surface area contributed by atoms with Gasteiger partial charge in [0.15, 0.2) is 0 Å². The van der Waals surface area contributed by atoms with Gasteiger partial charge < -0.3 is 5.32 Å². The fraction of sp³-hybridized carbons (Fsp3) is 0.111. The highest BCUT2D eigenvalue weighted by atomic mass is 32.1. The molecule has 0 amide bonds. The number of rotatable bonds is 1. The van der Waals surface area contributed by atoms with Crippen LogP contribution >= 0.6 is 23.6 Å². The van der Waals surface area contributed by atoms with E-state index in [-0.39, 0.29) is 0 Å². The van der Waals surface area contributed by atoms with E-state index in [0.717, 1.165) is 16.2 Å². The number of thiocarbonyl (C=S) groups is 1. The predicted octanol–water partition coefficient (Wildman–Crippen LogP) is 3.06. The molecule has 0 spiro atoms. The SMILES string of the molecule is CC(=S)Nc1ccc2ncsc2c1. The summed E-state index contributed by atoms with van der Waals surface area (Å²) < 4.78 is 1.18. The highest BCUT2D eigenvalue weighted by Crippen LogP contribution is 2.21. The maximum Gasteiger partial charge on any atom is 0.0813 e. The third kappa shape index (κ3) is 1.84. The van der Waals surface area contributed by atoms with Crippen molar-refractivity contribution in [1.82, 2.24) is 4.98 Å². The lowest BCUT2D eigenvalue weighted by molar-refractivity contribution is 1.50. The Labute approximate surface area is 85.6 Å². The van der Waals surface area contributed by atoms with Gasteiger partial charge in [0.2, 0.25) is 0 Å². The summed E-state index contributed by atoms with van der Waals surface area (Å²) in [5.41, 5.74) is 3.92. The van der Waals surface area contributed by atoms with E-state index in [2.05, 4.69) is 16.4 Å². The second kappa shape index (κ2) is 3.40. The third-order valence-electron chi connectivity index (χ3n) is 1.65. The molecule has 0 radical (unpaired) electrons. The largest absolute Gasteiger partial charge is 0.350 e.